The summed E-state index contributed by atoms with van der Waals surface area (Å²) in [5.74, 6) is 1.27. The SMILES string of the molecule is CCOCCCNC(=NCc1ccc(OC)cc1)NCC1(C(=O)OC)CCOCC1. The summed E-state index contributed by atoms with van der Waals surface area (Å²) in [6.45, 7) is 6.18. The molecule has 0 bridgehead atoms. The van der Waals surface area contributed by atoms with Gasteiger partial charge in [-0.3, -0.25) is 4.79 Å². The van der Waals surface area contributed by atoms with Crippen molar-refractivity contribution in [1.29, 1.82) is 0 Å². The Labute approximate surface area is 179 Å². The van der Waals surface area contributed by atoms with Crippen LogP contribution in [0.5, 0.6) is 5.75 Å². The number of hydrogen-bond acceptors (Lipinski definition) is 6. The van der Waals surface area contributed by atoms with Crippen LogP contribution in [0.15, 0.2) is 29.3 Å². The van der Waals surface area contributed by atoms with E-state index in [2.05, 4.69) is 10.6 Å². The summed E-state index contributed by atoms with van der Waals surface area (Å²) >= 11 is 0. The van der Waals surface area contributed by atoms with Gasteiger partial charge in [-0.05, 0) is 43.9 Å². The van der Waals surface area contributed by atoms with Gasteiger partial charge in [-0.25, -0.2) is 4.99 Å². The summed E-state index contributed by atoms with van der Waals surface area (Å²) in [7, 11) is 3.08. The van der Waals surface area contributed by atoms with Gasteiger partial charge in [-0.15, -0.1) is 0 Å². The van der Waals surface area contributed by atoms with Crippen molar-refractivity contribution < 1.29 is 23.7 Å². The van der Waals surface area contributed by atoms with E-state index in [1.807, 2.05) is 31.2 Å². The topological polar surface area (TPSA) is 90.4 Å². The zero-order valence-electron chi connectivity index (χ0n) is 18.4. The fourth-order valence-corrected chi connectivity index (χ4v) is 3.29. The minimum atomic E-state index is -0.596. The molecule has 0 radical (unpaired) electrons. The van der Waals surface area contributed by atoms with E-state index in [-0.39, 0.29) is 5.97 Å². The highest BCUT2D eigenvalue weighted by atomic mass is 16.5. The third kappa shape index (κ3) is 7.50. The number of rotatable bonds is 11. The number of guanidine groups is 1. The highest BCUT2D eigenvalue weighted by molar-refractivity contribution is 5.82. The van der Waals surface area contributed by atoms with Crippen LogP contribution >= 0.6 is 0 Å². The van der Waals surface area contributed by atoms with Gasteiger partial charge in [0.05, 0.1) is 26.2 Å². The van der Waals surface area contributed by atoms with Crippen LogP contribution in [-0.2, 0) is 25.5 Å². The van der Waals surface area contributed by atoms with Crippen LogP contribution in [0.4, 0.5) is 0 Å². The van der Waals surface area contributed by atoms with Gasteiger partial charge in [-0.1, -0.05) is 12.1 Å². The molecule has 0 aromatic heterocycles. The minimum Gasteiger partial charge on any atom is -0.497 e. The number of ether oxygens (including phenoxy) is 4. The van der Waals surface area contributed by atoms with E-state index in [1.165, 1.54) is 7.11 Å². The Morgan fingerprint density at radius 3 is 2.53 bits per heavy atom. The number of carbonyl (C=O) groups excluding carboxylic acids is 1. The third-order valence-corrected chi connectivity index (χ3v) is 5.20. The summed E-state index contributed by atoms with van der Waals surface area (Å²) in [6, 6.07) is 7.82. The second-order valence-corrected chi connectivity index (χ2v) is 7.23. The lowest BCUT2D eigenvalue weighted by Gasteiger charge is -2.34. The quantitative estimate of drug-likeness (QED) is 0.245. The first-order chi connectivity index (χ1) is 14.6. The summed E-state index contributed by atoms with van der Waals surface area (Å²) < 4.78 is 21.1. The second-order valence-electron chi connectivity index (χ2n) is 7.23. The fraction of sp³-hybridized carbons (Fsp3) is 0.636. The molecule has 1 aliphatic rings. The van der Waals surface area contributed by atoms with Gasteiger partial charge in [0.15, 0.2) is 5.96 Å². The van der Waals surface area contributed by atoms with Crippen LogP contribution in [0, 0.1) is 5.41 Å². The van der Waals surface area contributed by atoms with E-state index in [4.69, 9.17) is 23.9 Å². The lowest BCUT2D eigenvalue weighted by Crippen LogP contribution is -2.50. The van der Waals surface area contributed by atoms with Crippen molar-refractivity contribution in [3.63, 3.8) is 0 Å². The van der Waals surface area contributed by atoms with Crippen LogP contribution < -0.4 is 15.4 Å². The number of nitrogens with one attached hydrogen (secondary N) is 2. The van der Waals surface area contributed by atoms with E-state index in [0.717, 1.165) is 24.3 Å². The molecule has 8 heteroatoms. The number of benzene rings is 1. The Balaban J connectivity index is 2.02. The number of carbonyl (C=O) groups is 1. The maximum absolute atomic E-state index is 12.5. The van der Waals surface area contributed by atoms with Crippen LogP contribution in [0.2, 0.25) is 0 Å². The predicted octanol–water partition coefficient (Wildman–Crippen LogP) is 2.13. The Morgan fingerprint density at radius 1 is 1.17 bits per heavy atom. The van der Waals surface area contributed by atoms with E-state index in [1.54, 1.807) is 7.11 Å². The van der Waals surface area contributed by atoms with Gasteiger partial charge in [0.25, 0.3) is 0 Å². The summed E-state index contributed by atoms with van der Waals surface area (Å²) in [6.07, 6.45) is 2.12. The Hall–Kier alpha value is -2.32. The van der Waals surface area contributed by atoms with Gasteiger partial charge in [0, 0.05) is 39.5 Å². The number of nitrogens with zero attached hydrogens (tertiary/aromatic N) is 1. The van der Waals surface area contributed by atoms with Crippen molar-refractivity contribution in [2.75, 3.05) is 53.7 Å². The van der Waals surface area contributed by atoms with Crippen molar-refractivity contribution in [3.8, 4) is 5.75 Å². The Kier molecular flexibility index (Phi) is 10.4. The lowest BCUT2D eigenvalue weighted by atomic mass is 9.80. The summed E-state index contributed by atoms with van der Waals surface area (Å²) in [5, 5.41) is 6.68. The first-order valence-corrected chi connectivity index (χ1v) is 10.5. The molecular weight excluding hydrogens is 386 g/mol. The highest BCUT2D eigenvalue weighted by Gasteiger charge is 2.41. The molecule has 1 fully saturated rings. The molecule has 1 aliphatic heterocycles. The second kappa shape index (κ2) is 13.1. The first kappa shape index (κ1) is 24.0. The Bertz CT molecular complexity index is 657. The molecule has 0 unspecified atom stereocenters. The molecule has 2 rings (SSSR count). The molecular formula is C22H35N3O5. The summed E-state index contributed by atoms with van der Waals surface area (Å²) in [4.78, 5) is 17.2. The number of methoxy groups -OCH3 is 2. The maximum atomic E-state index is 12.5. The van der Waals surface area contributed by atoms with Gasteiger partial charge >= 0.3 is 5.97 Å². The molecule has 2 N–H and O–H groups in total. The first-order valence-electron chi connectivity index (χ1n) is 10.5. The molecule has 1 aromatic rings. The molecule has 0 amide bonds. The van der Waals surface area contributed by atoms with Crippen LogP contribution in [-0.4, -0.2) is 65.7 Å². The minimum absolute atomic E-state index is 0.204. The summed E-state index contributed by atoms with van der Waals surface area (Å²) in [5.41, 5.74) is 0.473. The average Bonchev–Trinajstić information content (AvgIpc) is 2.80. The highest BCUT2D eigenvalue weighted by Crippen LogP contribution is 2.31. The molecule has 0 spiro atoms. The third-order valence-electron chi connectivity index (χ3n) is 5.20. The molecule has 0 atom stereocenters. The molecule has 1 heterocycles. The van der Waals surface area contributed by atoms with Gasteiger partial charge in [0.2, 0.25) is 0 Å². The molecule has 30 heavy (non-hydrogen) atoms. The number of hydrogen-bond donors (Lipinski definition) is 2. The van der Waals surface area contributed by atoms with Crippen LogP contribution in [0.3, 0.4) is 0 Å². The predicted molar refractivity (Wildman–Crippen MR) is 116 cm³/mol. The van der Waals surface area contributed by atoms with Crippen molar-refractivity contribution in [1.82, 2.24) is 10.6 Å². The van der Waals surface area contributed by atoms with E-state index >= 15 is 0 Å². The molecule has 168 valence electrons. The van der Waals surface area contributed by atoms with E-state index in [9.17, 15) is 4.79 Å². The zero-order chi connectivity index (χ0) is 21.7. The largest absolute Gasteiger partial charge is 0.497 e. The molecule has 1 aromatic carbocycles. The standard InChI is InChI=1S/C22H35N3O5/c1-4-29-13-5-12-23-21(24-16-18-6-8-19(27-2)9-7-18)25-17-22(20(26)28-3)10-14-30-15-11-22/h6-9H,4-5,10-17H2,1-3H3,(H2,23,24,25). The van der Waals surface area contributed by atoms with Gasteiger partial charge in [-0.2, -0.15) is 0 Å². The van der Waals surface area contributed by atoms with E-state index in [0.29, 0.717) is 58.3 Å². The molecule has 0 saturated carbocycles. The molecule has 1 saturated heterocycles. The van der Waals surface area contributed by atoms with Crippen molar-refractivity contribution in [2.45, 2.75) is 32.7 Å². The van der Waals surface area contributed by atoms with Crippen molar-refractivity contribution >= 4 is 11.9 Å². The fourth-order valence-electron chi connectivity index (χ4n) is 3.29. The van der Waals surface area contributed by atoms with Crippen LogP contribution in [0.1, 0.15) is 31.7 Å². The van der Waals surface area contributed by atoms with Crippen molar-refractivity contribution in [2.24, 2.45) is 10.4 Å². The van der Waals surface area contributed by atoms with Crippen molar-refractivity contribution in [3.05, 3.63) is 29.8 Å². The Morgan fingerprint density at radius 2 is 1.90 bits per heavy atom. The van der Waals surface area contributed by atoms with Crippen LogP contribution in [0.25, 0.3) is 0 Å². The number of esters is 1. The lowest BCUT2D eigenvalue weighted by molar-refractivity contribution is -0.158. The average molecular weight is 422 g/mol. The normalized spacial score (nSPS) is 16.0. The molecule has 0 aliphatic carbocycles. The monoisotopic (exact) mass is 421 g/mol. The zero-order valence-corrected chi connectivity index (χ0v) is 18.4. The smallest absolute Gasteiger partial charge is 0.313 e. The van der Waals surface area contributed by atoms with Gasteiger partial charge in [0.1, 0.15) is 5.75 Å². The number of aliphatic imine (C=N–C) groups is 1. The van der Waals surface area contributed by atoms with Gasteiger partial charge < -0.3 is 29.6 Å². The molecule has 8 nitrogen and oxygen atoms in total. The van der Waals surface area contributed by atoms with E-state index < -0.39 is 5.41 Å². The maximum Gasteiger partial charge on any atom is 0.313 e.